The molecule has 0 aliphatic rings. The van der Waals surface area contributed by atoms with Crippen LogP contribution in [0.15, 0.2) is 23.8 Å². The molecule has 0 amide bonds. The second kappa shape index (κ2) is 6.51. The van der Waals surface area contributed by atoms with Gasteiger partial charge in [0.2, 0.25) is 0 Å². The van der Waals surface area contributed by atoms with E-state index in [9.17, 15) is 0 Å². The molecule has 0 aromatic rings. The summed E-state index contributed by atoms with van der Waals surface area (Å²) in [5, 5.41) is 0.298. The van der Waals surface area contributed by atoms with Gasteiger partial charge in [-0.05, 0) is 24.6 Å². The van der Waals surface area contributed by atoms with Gasteiger partial charge in [0.25, 0.3) is 0 Å². The molecule has 0 aromatic heterocycles. The first-order chi connectivity index (χ1) is 6.81. The first-order valence-corrected chi connectivity index (χ1v) is 8.71. The van der Waals surface area contributed by atoms with Crippen LogP contribution in [0.4, 0.5) is 0 Å². The van der Waals surface area contributed by atoms with Gasteiger partial charge < -0.3 is 4.43 Å². The summed E-state index contributed by atoms with van der Waals surface area (Å²) in [7, 11) is -1.55. The molecule has 0 bridgehead atoms. The Morgan fingerprint density at radius 3 is 2.27 bits per heavy atom. The number of halogens is 1. The van der Waals surface area contributed by atoms with Crippen molar-refractivity contribution in [3.8, 4) is 0 Å². The first kappa shape index (κ1) is 14.9. The molecule has 1 nitrogen and oxygen atoms in total. The summed E-state index contributed by atoms with van der Waals surface area (Å²) in [5.41, 5.74) is 1.51. The van der Waals surface area contributed by atoms with Crippen molar-refractivity contribution in [2.45, 2.75) is 45.3 Å². The Balaban J connectivity index is 3.86. The van der Waals surface area contributed by atoms with E-state index in [1.54, 1.807) is 0 Å². The second-order valence-corrected chi connectivity index (χ2v) is 10.2. The summed E-state index contributed by atoms with van der Waals surface area (Å²) < 4.78 is 6.00. The average molecular weight is 247 g/mol. The van der Waals surface area contributed by atoms with Crippen molar-refractivity contribution >= 4 is 19.9 Å². The standard InChI is InChI=1S/C12H23ClOSi/c1-12(2,3)15(4,5)14-11-9-7-6-8-10-13/h6-8,10H,9,11H2,1-5H3/b7-6+,10-8+. The van der Waals surface area contributed by atoms with Crippen LogP contribution in [-0.4, -0.2) is 14.9 Å². The summed E-state index contributed by atoms with van der Waals surface area (Å²) in [4.78, 5) is 0. The molecule has 0 rings (SSSR count). The molecule has 0 fully saturated rings. The van der Waals surface area contributed by atoms with E-state index in [2.05, 4.69) is 39.9 Å². The van der Waals surface area contributed by atoms with Crippen LogP contribution in [0.2, 0.25) is 18.1 Å². The van der Waals surface area contributed by atoms with Crippen molar-refractivity contribution < 1.29 is 4.43 Å². The molecule has 88 valence electrons. The third-order valence-corrected chi connectivity index (χ3v) is 7.56. The summed E-state index contributed by atoms with van der Waals surface area (Å²) in [5.74, 6) is 0. The van der Waals surface area contributed by atoms with Crippen molar-refractivity contribution in [3.63, 3.8) is 0 Å². The molecule has 0 saturated heterocycles. The van der Waals surface area contributed by atoms with Crippen molar-refractivity contribution in [2.24, 2.45) is 0 Å². The largest absolute Gasteiger partial charge is 0.417 e. The van der Waals surface area contributed by atoms with Gasteiger partial charge in [0.05, 0.1) is 0 Å². The van der Waals surface area contributed by atoms with E-state index >= 15 is 0 Å². The van der Waals surface area contributed by atoms with E-state index in [4.69, 9.17) is 16.0 Å². The van der Waals surface area contributed by atoms with Gasteiger partial charge in [0.1, 0.15) is 0 Å². The molecular weight excluding hydrogens is 224 g/mol. The molecule has 0 radical (unpaired) electrons. The van der Waals surface area contributed by atoms with Crippen LogP contribution in [-0.2, 0) is 4.43 Å². The van der Waals surface area contributed by atoms with Crippen LogP contribution in [0, 0.1) is 0 Å². The zero-order chi connectivity index (χ0) is 11.9. The minimum Gasteiger partial charge on any atom is -0.417 e. The second-order valence-electron chi connectivity index (χ2n) is 5.14. The Morgan fingerprint density at radius 1 is 1.20 bits per heavy atom. The van der Waals surface area contributed by atoms with Crippen LogP contribution < -0.4 is 0 Å². The van der Waals surface area contributed by atoms with Crippen molar-refractivity contribution in [1.82, 2.24) is 0 Å². The van der Waals surface area contributed by atoms with Crippen LogP contribution >= 0.6 is 11.6 Å². The third kappa shape index (κ3) is 6.18. The van der Waals surface area contributed by atoms with Crippen LogP contribution in [0.1, 0.15) is 27.2 Å². The fourth-order valence-electron chi connectivity index (χ4n) is 0.815. The quantitative estimate of drug-likeness (QED) is 0.388. The van der Waals surface area contributed by atoms with Crippen molar-refractivity contribution in [3.05, 3.63) is 23.8 Å². The maximum absolute atomic E-state index is 6.00. The zero-order valence-electron chi connectivity index (χ0n) is 10.5. The van der Waals surface area contributed by atoms with Gasteiger partial charge in [-0.1, -0.05) is 50.6 Å². The van der Waals surface area contributed by atoms with Gasteiger partial charge in [-0.15, -0.1) is 0 Å². The van der Waals surface area contributed by atoms with Gasteiger partial charge in [-0.3, -0.25) is 0 Å². The topological polar surface area (TPSA) is 9.23 Å². The van der Waals surface area contributed by atoms with Gasteiger partial charge in [-0.25, -0.2) is 0 Å². The van der Waals surface area contributed by atoms with Gasteiger partial charge >= 0.3 is 0 Å². The molecule has 0 atom stereocenters. The predicted octanol–water partition coefficient (Wildman–Crippen LogP) is 4.71. The Morgan fingerprint density at radius 2 is 1.80 bits per heavy atom. The fourth-order valence-corrected chi connectivity index (χ4v) is 1.96. The molecule has 0 aliphatic carbocycles. The molecule has 0 saturated carbocycles. The minimum absolute atomic E-state index is 0.298. The highest BCUT2D eigenvalue weighted by molar-refractivity contribution is 6.74. The number of rotatable bonds is 5. The highest BCUT2D eigenvalue weighted by Crippen LogP contribution is 2.36. The van der Waals surface area contributed by atoms with E-state index in [-0.39, 0.29) is 0 Å². The summed E-state index contributed by atoms with van der Waals surface area (Å²) in [6, 6.07) is 0. The lowest BCUT2D eigenvalue weighted by Gasteiger charge is -2.36. The van der Waals surface area contributed by atoms with Crippen LogP contribution in [0.25, 0.3) is 0 Å². The Labute approximate surface area is 100 Å². The van der Waals surface area contributed by atoms with E-state index < -0.39 is 8.32 Å². The highest BCUT2D eigenvalue weighted by Gasteiger charge is 2.36. The SMILES string of the molecule is CC(C)(C)[Si](C)(C)OCC/C=C/C=C/Cl. The molecular formula is C12H23ClOSi. The Bertz CT molecular complexity index is 226. The molecule has 0 aliphatic heterocycles. The monoisotopic (exact) mass is 246 g/mol. The van der Waals surface area contributed by atoms with E-state index in [0.29, 0.717) is 5.04 Å². The van der Waals surface area contributed by atoms with Crippen LogP contribution in [0.5, 0.6) is 0 Å². The molecule has 3 heteroatoms. The minimum atomic E-state index is -1.55. The van der Waals surface area contributed by atoms with Crippen LogP contribution in [0.3, 0.4) is 0 Å². The average Bonchev–Trinajstić information content (AvgIpc) is 2.09. The number of hydrogen-bond acceptors (Lipinski definition) is 1. The third-order valence-electron chi connectivity index (χ3n) is 2.87. The zero-order valence-corrected chi connectivity index (χ0v) is 12.3. The number of allylic oxidation sites excluding steroid dienone is 2. The summed E-state index contributed by atoms with van der Waals surface area (Å²) in [6.07, 6.45) is 6.79. The lowest BCUT2D eigenvalue weighted by Crippen LogP contribution is -2.40. The van der Waals surface area contributed by atoms with Gasteiger partial charge in [0, 0.05) is 12.1 Å². The molecule has 0 N–H and O–H groups in total. The van der Waals surface area contributed by atoms with E-state index in [1.165, 1.54) is 5.54 Å². The summed E-state index contributed by atoms with van der Waals surface area (Å²) >= 11 is 5.39. The van der Waals surface area contributed by atoms with Gasteiger partial charge in [0.15, 0.2) is 8.32 Å². The van der Waals surface area contributed by atoms with Crippen molar-refractivity contribution in [2.75, 3.05) is 6.61 Å². The molecule has 15 heavy (non-hydrogen) atoms. The first-order valence-electron chi connectivity index (χ1n) is 5.37. The number of hydrogen-bond donors (Lipinski definition) is 0. The normalized spacial score (nSPS) is 14.3. The molecule has 0 heterocycles. The smallest absolute Gasteiger partial charge is 0.191 e. The summed E-state index contributed by atoms with van der Waals surface area (Å²) in [6.45, 7) is 12.1. The van der Waals surface area contributed by atoms with Gasteiger partial charge in [-0.2, -0.15) is 0 Å². The molecule has 0 unspecified atom stereocenters. The molecule has 0 aromatic carbocycles. The Hall–Kier alpha value is -0.0531. The van der Waals surface area contributed by atoms with Crippen molar-refractivity contribution in [1.29, 1.82) is 0 Å². The molecule has 0 spiro atoms. The van der Waals surface area contributed by atoms with E-state index in [1.807, 2.05) is 12.2 Å². The lowest BCUT2D eigenvalue weighted by atomic mass is 10.2. The predicted molar refractivity (Wildman–Crippen MR) is 71.9 cm³/mol. The maximum atomic E-state index is 6.00. The van der Waals surface area contributed by atoms with E-state index in [0.717, 1.165) is 13.0 Å². The fraction of sp³-hybridized carbons (Fsp3) is 0.667. The maximum Gasteiger partial charge on any atom is 0.191 e. The Kier molecular flexibility index (Phi) is 6.49. The lowest BCUT2D eigenvalue weighted by molar-refractivity contribution is 0.294. The highest BCUT2D eigenvalue weighted by atomic mass is 35.5.